The molecule has 9 heteroatoms. The lowest BCUT2D eigenvalue weighted by Gasteiger charge is -2.29. The van der Waals surface area contributed by atoms with E-state index in [1.54, 1.807) is 18.2 Å². The fourth-order valence-electron chi connectivity index (χ4n) is 4.01. The molecule has 0 spiro atoms. The van der Waals surface area contributed by atoms with Gasteiger partial charge in [-0.1, -0.05) is 6.07 Å². The molecule has 2 aromatic carbocycles. The van der Waals surface area contributed by atoms with Crippen LogP contribution in [-0.4, -0.2) is 64.8 Å². The topological polar surface area (TPSA) is 99.8 Å². The quantitative estimate of drug-likeness (QED) is 0.445. The predicted octanol–water partition coefficient (Wildman–Crippen LogP) is 2.59. The summed E-state index contributed by atoms with van der Waals surface area (Å²) in [6, 6.07) is 8.55. The first-order valence-corrected chi connectivity index (χ1v) is 13.5. The smallest absolute Gasteiger partial charge is 0.251 e. The number of benzene rings is 2. The van der Waals surface area contributed by atoms with Crippen LogP contribution in [-0.2, 0) is 16.6 Å². The molecule has 0 atom stereocenters. The Morgan fingerprint density at radius 1 is 1.12 bits per heavy atom. The van der Waals surface area contributed by atoms with Crippen molar-refractivity contribution in [3.05, 3.63) is 58.1 Å². The fourth-order valence-corrected chi connectivity index (χ4v) is 4.57. The monoisotopic (exact) mass is 488 g/mol. The Morgan fingerprint density at radius 2 is 1.85 bits per heavy atom. The fraction of sp³-hybridized carbons (Fsp3) is 0.480. The average Bonchev–Trinajstić information content (AvgIpc) is 2.79. The minimum atomic E-state index is -3.40. The normalized spacial score (nSPS) is 14.6. The van der Waals surface area contributed by atoms with Gasteiger partial charge >= 0.3 is 0 Å². The van der Waals surface area contributed by atoms with Gasteiger partial charge in [0.2, 0.25) is 10.0 Å². The van der Waals surface area contributed by atoms with Crippen molar-refractivity contribution in [2.75, 3.05) is 50.3 Å². The van der Waals surface area contributed by atoms with Gasteiger partial charge in [0.05, 0.1) is 12.9 Å². The number of anilines is 1. The first kappa shape index (κ1) is 26.0. The van der Waals surface area contributed by atoms with E-state index in [-0.39, 0.29) is 5.91 Å². The van der Waals surface area contributed by atoms with Crippen LogP contribution in [0.25, 0.3) is 0 Å². The molecule has 3 rings (SSSR count). The van der Waals surface area contributed by atoms with Crippen molar-refractivity contribution in [2.45, 2.75) is 33.7 Å². The molecule has 0 aliphatic carbocycles. The second-order valence-electron chi connectivity index (χ2n) is 8.86. The van der Waals surface area contributed by atoms with Gasteiger partial charge in [0, 0.05) is 56.1 Å². The molecule has 1 saturated heterocycles. The van der Waals surface area contributed by atoms with Crippen molar-refractivity contribution in [2.24, 2.45) is 0 Å². The Morgan fingerprint density at radius 3 is 2.56 bits per heavy atom. The number of nitrogens with one attached hydrogen (secondary N) is 3. The SMILES string of the molecule is Cc1cc(OCCCNC(=O)c2cccc(NS(C)(=O)=O)c2)c(CN2CCNCC2)c(C)c1C. The molecule has 1 amide bonds. The number of nitrogens with zero attached hydrogens (tertiary/aromatic N) is 1. The van der Waals surface area contributed by atoms with E-state index in [9.17, 15) is 13.2 Å². The average molecular weight is 489 g/mol. The lowest BCUT2D eigenvalue weighted by molar-refractivity contribution is 0.0951. The molecule has 3 N–H and O–H groups in total. The van der Waals surface area contributed by atoms with E-state index in [4.69, 9.17) is 4.74 Å². The van der Waals surface area contributed by atoms with Crippen molar-refractivity contribution in [3.8, 4) is 5.75 Å². The third-order valence-electron chi connectivity index (χ3n) is 6.14. The first-order chi connectivity index (χ1) is 16.1. The zero-order chi connectivity index (χ0) is 24.7. The van der Waals surface area contributed by atoms with Gasteiger partial charge in [-0.15, -0.1) is 0 Å². The van der Waals surface area contributed by atoms with E-state index in [0.29, 0.717) is 30.8 Å². The Labute approximate surface area is 203 Å². The summed E-state index contributed by atoms with van der Waals surface area (Å²) in [5.41, 5.74) is 5.80. The summed E-state index contributed by atoms with van der Waals surface area (Å²) in [5, 5.41) is 6.27. The van der Waals surface area contributed by atoms with Crippen LogP contribution in [0.3, 0.4) is 0 Å². The number of hydrogen-bond donors (Lipinski definition) is 3. The molecule has 0 unspecified atom stereocenters. The summed E-state index contributed by atoms with van der Waals surface area (Å²) < 4.78 is 31.4. The number of carbonyl (C=O) groups is 1. The largest absolute Gasteiger partial charge is 0.493 e. The molecule has 0 saturated carbocycles. The summed E-state index contributed by atoms with van der Waals surface area (Å²) in [7, 11) is -3.40. The lowest BCUT2D eigenvalue weighted by Crippen LogP contribution is -2.43. The van der Waals surface area contributed by atoms with Crippen molar-refractivity contribution in [1.82, 2.24) is 15.5 Å². The number of amides is 1. The third kappa shape index (κ3) is 7.44. The highest BCUT2D eigenvalue weighted by Gasteiger charge is 2.17. The highest BCUT2D eigenvalue weighted by molar-refractivity contribution is 7.92. The summed E-state index contributed by atoms with van der Waals surface area (Å²) in [4.78, 5) is 14.9. The van der Waals surface area contributed by atoms with E-state index in [2.05, 4.69) is 47.1 Å². The summed E-state index contributed by atoms with van der Waals surface area (Å²) in [6.07, 6.45) is 1.73. The number of aryl methyl sites for hydroxylation is 1. The maximum absolute atomic E-state index is 12.5. The molecular weight excluding hydrogens is 452 g/mol. The summed E-state index contributed by atoms with van der Waals surface area (Å²) in [6.45, 7) is 12.3. The minimum absolute atomic E-state index is 0.251. The van der Waals surface area contributed by atoms with Gasteiger partial charge in [-0.25, -0.2) is 8.42 Å². The second-order valence-corrected chi connectivity index (χ2v) is 10.6. The molecule has 186 valence electrons. The third-order valence-corrected chi connectivity index (χ3v) is 6.74. The molecule has 34 heavy (non-hydrogen) atoms. The summed E-state index contributed by atoms with van der Waals surface area (Å²) in [5.74, 6) is 0.670. The zero-order valence-corrected chi connectivity index (χ0v) is 21.3. The lowest BCUT2D eigenvalue weighted by atomic mass is 9.97. The van der Waals surface area contributed by atoms with Gasteiger partial charge in [0.15, 0.2) is 0 Å². The van der Waals surface area contributed by atoms with E-state index in [1.807, 2.05) is 0 Å². The second kappa shape index (κ2) is 11.7. The van der Waals surface area contributed by atoms with Gasteiger partial charge < -0.3 is 15.4 Å². The van der Waals surface area contributed by atoms with Crippen LogP contribution >= 0.6 is 0 Å². The minimum Gasteiger partial charge on any atom is -0.493 e. The number of sulfonamides is 1. The van der Waals surface area contributed by atoms with Gasteiger partial charge in [-0.2, -0.15) is 0 Å². The maximum Gasteiger partial charge on any atom is 0.251 e. The van der Waals surface area contributed by atoms with Crippen LogP contribution in [0, 0.1) is 20.8 Å². The Bertz CT molecular complexity index is 1110. The number of piperazine rings is 1. The van der Waals surface area contributed by atoms with Crippen molar-refractivity contribution in [1.29, 1.82) is 0 Å². The molecule has 2 aromatic rings. The molecule has 1 heterocycles. The molecule has 1 fully saturated rings. The summed E-state index contributed by atoms with van der Waals surface area (Å²) >= 11 is 0. The van der Waals surface area contributed by atoms with Gasteiger partial charge in [0.1, 0.15) is 5.75 Å². The van der Waals surface area contributed by atoms with Gasteiger partial charge in [-0.3, -0.25) is 14.4 Å². The van der Waals surface area contributed by atoms with Crippen LogP contribution < -0.4 is 20.1 Å². The predicted molar refractivity (Wildman–Crippen MR) is 136 cm³/mol. The maximum atomic E-state index is 12.5. The number of ether oxygens (including phenoxy) is 1. The molecule has 1 aliphatic heterocycles. The van der Waals surface area contributed by atoms with E-state index in [0.717, 1.165) is 44.7 Å². The van der Waals surface area contributed by atoms with Crippen molar-refractivity contribution >= 4 is 21.6 Å². The van der Waals surface area contributed by atoms with Gasteiger partial charge in [0.25, 0.3) is 5.91 Å². The molecule has 8 nitrogen and oxygen atoms in total. The number of hydrogen-bond acceptors (Lipinski definition) is 6. The van der Waals surface area contributed by atoms with E-state index >= 15 is 0 Å². The number of carbonyl (C=O) groups excluding carboxylic acids is 1. The van der Waals surface area contributed by atoms with E-state index in [1.165, 1.54) is 28.3 Å². The van der Waals surface area contributed by atoms with Crippen molar-refractivity contribution < 1.29 is 17.9 Å². The van der Waals surface area contributed by atoms with Crippen LogP contribution in [0.5, 0.6) is 5.75 Å². The molecule has 0 radical (unpaired) electrons. The van der Waals surface area contributed by atoms with E-state index < -0.39 is 10.0 Å². The van der Waals surface area contributed by atoms with Crippen LogP contribution in [0.2, 0.25) is 0 Å². The van der Waals surface area contributed by atoms with Crippen molar-refractivity contribution in [3.63, 3.8) is 0 Å². The Hall–Kier alpha value is -2.62. The molecular formula is C25H36N4O4S. The Balaban J connectivity index is 1.54. The molecule has 0 aromatic heterocycles. The molecule has 1 aliphatic rings. The highest BCUT2D eigenvalue weighted by Crippen LogP contribution is 2.29. The zero-order valence-electron chi connectivity index (χ0n) is 20.5. The Kier molecular flexibility index (Phi) is 8.93. The van der Waals surface area contributed by atoms with Crippen LogP contribution in [0.1, 0.15) is 39.0 Å². The first-order valence-electron chi connectivity index (χ1n) is 11.7. The number of rotatable bonds is 10. The standard InChI is InChI=1S/C25H36N4O4S/c1-18-15-24(23(20(3)19(18)2)17-29-12-10-26-11-13-29)33-14-6-9-27-25(30)21-7-5-8-22(16-21)28-34(4,31)32/h5,7-8,15-16,26,28H,6,9-14,17H2,1-4H3,(H,27,30). The highest BCUT2D eigenvalue weighted by atomic mass is 32.2. The van der Waals surface area contributed by atoms with Crippen LogP contribution in [0.4, 0.5) is 5.69 Å². The molecule has 0 bridgehead atoms. The van der Waals surface area contributed by atoms with Crippen LogP contribution in [0.15, 0.2) is 30.3 Å². The van der Waals surface area contributed by atoms with Gasteiger partial charge in [-0.05, 0) is 68.1 Å².